The highest BCUT2D eigenvalue weighted by Crippen LogP contribution is 2.22. The lowest BCUT2D eigenvalue weighted by molar-refractivity contribution is -0.138. The molecule has 3 rings (SSSR count). The molecule has 0 saturated carbocycles. The summed E-state index contributed by atoms with van der Waals surface area (Å²) in [5.74, 6) is 1.50. The minimum Gasteiger partial charge on any atom is -0.481 e. The van der Waals surface area contributed by atoms with Crippen molar-refractivity contribution in [2.75, 3.05) is 6.54 Å². The minimum absolute atomic E-state index is 0.121. The third kappa shape index (κ3) is 4.29. The van der Waals surface area contributed by atoms with Crippen LogP contribution in [0.5, 0.6) is 5.75 Å². The normalized spacial score (nSPS) is 12.0. The van der Waals surface area contributed by atoms with Crippen LogP contribution >= 0.6 is 11.3 Å². The van der Waals surface area contributed by atoms with Gasteiger partial charge in [0.05, 0.1) is 4.88 Å². The van der Waals surface area contributed by atoms with E-state index < -0.39 is 6.10 Å². The number of carbonyl (C=O) groups excluding carboxylic acids is 1. The second-order valence-corrected chi connectivity index (χ2v) is 6.86. The van der Waals surface area contributed by atoms with Gasteiger partial charge in [0.2, 0.25) is 11.7 Å². The maximum absolute atomic E-state index is 12.7. The first kappa shape index (κ1) is 18.1. The molecular weight excluding hydrogens is 350 g/mol. The molecule has 1 atom stereocenters. The summed E-state index contributed by atoms with van der Waals surface area (Å²) in [6, 6.07) is 11.5. The first-order valence-corrected chi connectivity index (χ1v) is 9.33. The summed E-state index contributed by atoms with van der Waals surface area (Å²) in [5.41, 5.74) is 1.14. The van der Waals surface area contributed by atoms with E-state index in [9.17, 15) is 4.79 Å². The number of aromatic nitrogens is 2. The molecule has 0 N–H and O–H groups in total. The highest BCUT2D eigenvalue weighted by atomic mass is 32.1. The van der Waals surface area contributed by atoms with E-state index in [-0.39, 0.29) is 12.5 Å². The van der Waals surface area contributed by atoms with E-state index in [1.54, 1.807) is 23.2 Å². The van der Waals surface area contributed by atoms with Crippen LogP contribution in [0.15, 0.2) is 46.3 Å². The summed E-state index contributed by atoms with van der Waals surface area (Å²) in [4.78, 5) is 19.7. The summed E-state index contributed by atoms with van der Waals surface area (Å²) >= 11 is 1.54. The van der Waals surface area contributed by atoms with Gasteiger partial charge in [-0.05, 0) is 44.4 Å². The molecule has 1 amide bonds. The summed E-state index contributed by atoms with van der Waals surface area (Å²) in [6.07, 6.45) is -0.600. The first-order valence-electron chi connectivity index (χ1n) is 8.45. The molecular formula is C19H21N3O3S. The molecule has 2 aromatic heterocycles. The number of thiophene rings is 1. The van der Waals surface area contributed by atoms with E-state index >= 15 is 0 Å². The first-order chi connectivity index (χ1) is 12.6. The van der Waals surface area contributed by atoms with Crippen LogP contribution in [0.25, 0.3) is 10.7 Å². The number of ether oxygens (including phenoxy) is 1. The molecule has 0 aliphatic carbocycles. The number of nitrogens with zero attached hydrogens (tertiary/aromatic N) is 3. The van der Waals surface area contributed by atoms with Gasteiger partial charge in [0, 0.05) is 6.54 Å². The molecule has 0 bridgehead atoms. The SMILES string of the molecule is CCN(Cc1nc(-c2cccs2)no1)C(=O)[C@H](C)Oc1ccc(C)cc1. The van der Waals surface area contributed by atoms with Crippen molar-refractivity contribution < 1.29 is 14.1 Å². The molecule has 0 unspecified atom stereocenters. The summed E-state index contributed by atoms with van der Waals surface area (Å²) in [6.45, 7) is 6.45. The largest absolute Gasteiger partial charge is 0.481 e. The van der Waals surface area contributed by atoms with E-state index in [1.165, 1.54) is 0 Å². The van der Waals surface area contributed by atoms with Crippen molar-refractivity contribution in [1.29, 1.82) is 0 Å². The fourth-order valence-corrected chi connectivity index (χ4v) is 3.11. The molecule has 26 heavy (non-hydrogen) atoms. The molecule has 0 radical (unpaired) electrons. The van der Waals surface area contributed by atoms with Gasteiger partial charge >= 0.3 is 0 Å². The molecule has 7 heteroatoms. The molecule has 136 valence electrons. The molecule has 6 nitrogen and oxygen atoms in total. The van der Waals surface area contributed by atoms with Crippen molar-refractivity contribution in [1.82, 2.24) is 15.0 Å². The lowest BCUT2D eigenvalue weighted by atomic mass is 10.2. The van der Waals surface area contributed by atoms with E-state index in [0.29, 0.717) is 24.0 Å². The number of benzene rings is 1. The van der Waals surface area contributed by atoms with Crippen molar-refractivity contribution in [3.8, 4) is 16.5 Å². The number of rotatable bonds is 7. The van der Waals surface area contributed by atoms with Crippen molar-refractivity contribution in [2.24, 2.45) is 0 Å². The second kappa shape index (κ2) is 8.14. The summed E-state index contributed by atoms with van der Waals surface area (Å²) < 4.78 is 11.1. The van der Waals surface area contributed by atoms with E-state index in [1.807, 2.05) is 55.6 Å². The fraction of sp³-hybridized carbons (Fsp3) is 0.316. The van der Waals surface area contributed by atoms with Gasteiger partial charge in [-0.2, -0.15) is 4.98 Å². The van der Waals surface area contributed by atoms with Crippen LogP contribution in [0.3, 0.4) is 0 Å². The molecule has 0 spiro atoms. The van der Waals surface area contributed by atoms with Crippen molar-refractivity contribution >= 4 is 17.2 Å². The lowest BCUT2D eigenvalue weighted by Gasteiger charge is -2.23. The molecule has 1 aromatic carbocycles. The zero-order valence-electron chi connectivity index (χ0n) is 15.0. The summed E-state index contributed by atoms with van der Waals surface area (Å²) in [5, 5.41) is 5.94. The zero-order chi connectivity index (χ0) is 18.5. The van der Waals surface area contributed by atoms with Gasteiger partial charge in [0.1, 0.15) is 12.3 Å². The Bertz CT molecular complexity index is 843. The van der Waals surface area contributed by atoms with Gasteiger partial charge in [-0.15, -0.1) is 11.3 Å². The number of aryl methyl sites for hydroxylation is 1. The average Bonchev–Trinajstić information content (AvgIpc) is 3.32. The molecule has 0 saturated heterocycles. The smallest absolute Gasteiger partial charge is 0.263 e. The van der Waals surface area contributed by atoms with Crippen LogP contribution in [-0.2, 0) is 11.3 Å². The predicted molar refractivity (Wildman–Crippen MR) is 100.0 cm³/mol. The number of carbonyl (C=O) groups is 1. The quantitative estimate of drug-likeness (QED) is 0.630. The zero-order valence-corrected chi connectivity index (χ0v) is 15.8. The molecule has 2 heterocycles. The topological polar surface area (TPSA) is 68.5 Å². The average molecular weight is 371 g/mol. The Morgan fingerprint density at radius 2 is 2.08 bits per heavy atom. The third-order valence-electron chi connectivity index (χ3n) is 3.91. The Kier molecular flexibility index (Phi) is 5.68. The monoisotopic (exact) mass is 371 g/mol. The number of likely N-dealkylation sites (N-methyl/N-ethyl adjacent to an activating group) is 1. The van der Waals surface area contributed by atoms with Gasteiger partial charge in [0.25, 0.3) is 5.91 Å². The van der Waals surface area contributed by atoms with Crippen molar-refractivity contribution in [3.63, 3.8) is 0 Å². The maximum atomic E-state index is 12.7. The summed E-state index contributed by atoms with van der Waals surface area (Å²) in [7, 11) is 0. The lowest BCUT2D eigenvalue weighted by Crippen LogP contribution is -2.40. The maximum Gasteiger partial charge on any atom is 0.263 e. The van der Waals surface area contributed by atoms with E-state index in [0.717, 1.165) is 10.4 Å². The molecule has 0 aliphatic heterocycles. The molecule has 3 aromatic rings. The van der Waals surface area contributed by atoms with Crippen LogP contribution < -0.4 is 4.74 Å². The van der Waals surface area contributed by atoms with Crippen LogP contribution in [0.1, 0.15) is 25.3 Å². The Morgan fingerprint density at radius 3 is 2.73 bits per heavy atom. The van der Waals surface area contributed by atoms with Crippen molar-refractivity contribution in [2.45, 2.75) is 33.4 Å². The number of hydrogen-bond acceptors (Lipinski definition) is 6. The van der Waals surface area contributed by atoms with Crippen molar-refractivity contribution in [3.05, 3.63) is 53.2 Å². The number of hydrogen-bond donors (Lipinski definition) is 0. The van der Waals surface area contributed by atoms with Crippen LogP contribution in [-0.4, -0.2) is 33.6 Å². The van der Waals surface area contributed by atoms with Gasteiger partial charge in [0.15, 0.2) is 6.10 Å². The van der Waals surface area contributed by atoms with E-state index in [2.05, 4.69) is 10.1 Å². The fourth-order valence-electron chi connectivity index (χ4n) is 2.46. The third-order valence-corrected chi connectivity index (χ3v) is 4.78. The molecule has 0 fully saturated rings. The Labute approximate surface area is 156 Å². The van der Waals surface area contributed by atoms with Crippen LogP contribution in [0.2, 0.25) is 0 Å². The highest BCUT2D eigenvalue weighted by Gasteiger charge is 2.23. The highest BCUT2D eigenvalue weighted by molar-refractivity contribution is 7.13. The van der Waals surface area contributed by atoms with Crippen LogP contribution in [0, 0.1) is 6.92 Å². The van der Waals surface area contributed by atoms with Crippen LogP contribution in [0.4, 0.5) is 0 Å². The van der Waals surface area contributed by atoms with Gasteiger partial charge in [-0.1, -0.05) is 28.9 Å². The minimum atomic E-state index is -0.600. The Hall–Kier alpha value is -2.67. The second-order valence-electron chi connectivity index (χ2n) is 5.91. The standard InChI is InChI=1S/C19H21N3O3S/c1-4-22(12-17-20-18(21-25-17)16-6-5-11-26-16)19(23)14(3)24-15-9-7-13(2)8-10-15/h5-11,14H,4,12H2,1-3H3/t14-/m0/s1. The Balaban J connectivity index is 1.64. The van der Waals surface area contributed by atoms with Gasteiger partial charge in [-0.3, -0.25) is 4.79 Å². The Morgan fingerprint density at radius 1 is 1.31 bits per heavy atom. The van der Waals surface area contributed by atoms with E-state index in [4.69, 9.17) is 9.26 Å². The van der Waals surface area contributed by atoms with Gasteiger partial charge < -0.3 is 14.2 Å². The van der Waals surface area contributed by atoms with Gasteiger partial charge in [-0.25, -0.2) is 0 Å². The predicted octanol–water partition coefficient (Wildman–Crippen LogP) is 3.92. The number of amides is 1. The molecule has 0 aliphatic rings.